The zero-order valence-electron chi connectivity index (χ0n) is 11.9. The summed E-state index contributed by atoms with van der Waals surface area (Å²) in [7, 11) is 2.14. The van der Waals surface area contributed by atoms with Gasteiger partial charge in [0.15, 0.2) is 0 Å². The summed E-state index contributed by atoms with van der Waals surface area (Å²) in [4.78, 5) is 24.6. The van der Waals surface area contributed by atoms with Gasteiger partial charge in [0.05, 0.1) is 10.5 Å². The molecule has 0 radical (unpaired) electrons. The maximum atomic E-state index is 12.1. The van der Waals surface area contributed by atoms with Crippen LogP contribution in [0.4, 0.5) is 5.69 Å². The van der Waals surface area contributed by atoms with E-state index in [0.29, 0.717) is 17.6 Å². The van der Waals surface area contributed by atoms with Gasteiger partial charge < -0.3 is 9.64 Å². The normalized spacial score (nSPS) is 28.3. The third-order valence-electron chi connectivity index (χ3n) is 4.64. The van der Waals surface area contributed by atoms with E-state index in [-0.39, 0.29) is 17.8 Å². The van der Waals surface area contributed by atoms with Crippen LogP contribution in [-0.4, -0.2) is 41.0 Å². The summed E-state index contributed by atoms with van der Waals surface area (Å²) >= 11 is 0. The Balaban J connectivity index is 1.63. The summed E-state index contributed by atoms with van der Waals surface area (Å²) in [5.41, 5.74) is 0.343. The van der Waals surface area contributed by atoms with Crippen LogP contribution in [0.1, 0.15) is 36.0 Å². The molecule has 2 fully saturated rings. The van der Waals surface area contributed by atoms with Crippen LogP contribution >= 0.6 is 0 Å². The molecular weight excluding hydrogens is 272 g/mol. The number of nitro benzene ring substituents is 1. The Morgan fingerprint density at radius 2 is 1.81 bits per heavy atom. The number of rotatable bonds is 3. The van der Waals surface area contributed by atoms with Crippen molar-refractivity contribution in [1.29, 1.82) is 0 Å². The van der Waals surface area contributed by atoms with Gasteiger partial charge in [0.1, 0.15) is 6.10 Å². The van der Waals surface area contributed by atoms with Crippen LogP contribution < -0.4 is 0 Å². The molecule has 1 aromatic rings. The number of hydrogen-bond donors (Lipinski definition) is 0. The molecule has 0 aliphatic carbocycles. The van der Waals surface area contributed by atoms with Gasteiger partial charge in [-0.25, -0.2) is 4.79 Å². The molecule has 0 amide bonds. The molecule has 2 aliphatic rings. The van der Waals surface area contributed by atoms with Crippen molar-refractivity contribution < 1.29 is 14.5 Å². The first kappa shape index (κ1) is 14.0. The average molecular weight is 290 g/mol. The Morgan fingerprint density at radius 3 is 2.33 bits per heavy atom. The molecule has 0 saturated carbocycles. The van der Waals surface area contributed by atoms with Crippen molar-refractivity contribution in [2.75, 3.05) is 7.05 Å². The second-order valence-corrected chi connectivity index (χ2v) is 5.85. The number of nitrogens with zero attached hydrogens (tertiary/aromatic N) is 2. The second-order valence-electron chi connectivity index (χ2n) is 5.85. The van der Waals surface area contributed by atoms with Gasteiger partial charge >= 0.3 is 5.97 Å². The largest absolute Gasteiger partial charge is 0.459 e. The van der Waals surface area contributed by atoms with E-state index < -0.39 is 4.92 Å². The number of hydrogen-bond acceptors (Lipinski definition) is 5. The number of nitro groups is 1. The first-order valence-electron chi connectivity index (χ1n) is 7.22. The van der Waals surface area contributed by atoms with Crippen LogP contribution in [0.3, 0.4) is 0 Å². The highest BCUT2D eigenvalue weighted by atomic mass is 16.6. The highest BCUT2D eigenvalue weighted by molar-refractivity contribution is 5.89. The van der Waals surface area contributed by atoms with Crippen molar-refractivity contribution in [2.24, 2.45) is 0 Å². The number of piperidine rings is 1. The third kappa shape index (κ3) is 2.76. The van der Waals surface area contributed by atoms with Crippen molar-refractivity contribution in [1.82, 2.24) is 4.90 Å². The molecule has 112 valence electrons. The fraction of sp³-hybridized carbons (Fsp3) is 0.533. The number of fused-ring (bicyclic) bond motifs is 2. The molecule has 3 rings (SSSR count). The zero-order chi connectivity index (χ0) is 15.0. The van der Waals surface area contributed by atoms with Gasteiger partial charge in [-0.2, -0.15) is 0 Å². The van der Waals surface area contributed by atoms with Gasteiger partial charge in [-0.05, 0) is 32.0 Å². The summed E-state index contributed by atoms with van der Waals surface area (Å²) in [6.07, 6.45) is 4.07. The lowest BCUT2D eigenvalue weighted by molar-refractivity contribution is -0.384. The molecule has 2 saturated heterocycles. The molecule has 6 nitrogen and oxygen atoms in total. The van der Waals surface area contributed by atoms with Crippen LogP contribution in [0.2, 0.25) is 0 Å². The predicted molar refractivity (Wildman–Crippen MR) is 76.1 cm³/mol. The molecule has 21 heavy (non-hydrogen) atoms. The Kier molecular flexibility index (Phi) is 3.63. The minimum absolute atomic E-state index is 0.0242. The number of non-ortho nitro benzene ring substituents is 1. The zero-order valence-corrected chi connectivity index (χ0v) is 11.9. The van der Waals surface area contributed by atoms with Gasteiger partial charge in [0.2, 0.25) is 0 Å². The minimum atomic E-state index is -0.482. The van der Waals surface area contributed by atoms with E-state index in [0.717, 1.165) is 12.8 Å². The topological polar surface area (TPSA) is 72.7 Å². The van der Waals surface area contributed by atoms with Crippen LogP contribution in [-0.2, 0) is 4.74 Å². The number of esters is 1. The van der Waals surface area contributed by atoms with Crippen molar-refractivity contribution in [3.05, 3.63) is 39.9 Å². The van der Waals surface area contributed by atoms with Crippen LogP contribution in [0.5, 0.6) is 0 Å². The van der Waals surface area contributed by atoms with E-state index in [2.05, 4.69) is 11.9 Å². The maximum absolute atomic E-state index is 12.1. The van der Waals surface area contributed by atoms with E-state index in [1.165, 1.54) is 37.1 Å². The Bertz CT molecular complexity index is 543. The molecule has 0 unspecified atom stereocenters. The standard InChI is InChI=1S/C15H18N2O4/c1-16-12-6-7-13(16)9-14(8-12)21-15(18)10-2-4-11(5-3-10)17(19)20/h2-5,12-14H,6-9H2,1H3/t12-,13-/m1/s1. The molecule has 0 N–H and O–H groups in total. The predicted octanol–water partition coefficient (Wildman–Crippen LogP) is 2.38. The third-order valence-corrected chi connectivity index (χ3v) is 4.64. The van der Waals surface area contributed by atoms with Crippen molar-refractivity contribution in [2.45, 2.75) is 43.9 Å². The molecule has 2 atom stereocenters. The molecule has 0 spiro atoms. The van der Waals surface area contributed by atoms with E-state index in [1.54, 1.807) is 0 Å². The Labute approximate surface area is 122 Å². The van der Waals surface area contributed by atoms with Crippen molar-refractivity contribution in [3.8, 4) is 0 Å². The van der Waals surface area contributed by atoms with Crippen LogP contribution in [0, 0.1) is 10.1 Å². The van der Waals surface area contributed by atoms with Gasteiger partial charge in [0, 0.05) is 37.1 Å². The quantitative estimate of drug-likeness (QED) is 0.485. The summed E-state index contributed by atoms with van der Waals surface area (Å²) < 4.78 is 5.57. The number of ether oxygens (including phenoxy) is 1. The van der Waals surface area contributed by atoms with Crippen LogP contribution in [0.25, 0.3) is 0 Å². The number of benzene rings is 1. The van der Waals surface area contributed by atoms with E-state index in [9.17, 15) is 14.9 Å². The summed E-state index contributed by atoms with van der Waals surface area (Å²) in [5.74, 6) is -0.390. The lowest BCUT2D eigenvalue weighted by Crippen LogP contribution is -2.43. The first-order chi connectivity index (χ1) is 10.0. The summed E-state index contributed by atoms with van der Waals surface area (Å²) in [6.45, 7) is 0. The van der Waals surface area contributed by atoms with E-state index in [1.807, 2.05) is 0 Å². The van der Waals surface area contributed by atoms with E-state index >= 15 is 0 Å². The smallest absolute Gasteiger partial charge is 0.338 e. The number of carbonyl (C=O) groups is 1. The fourth-order valence-corrected chi connectivity index (χ4v) is 3.40. The molecule has 1 aromatic carbocycles. The molecule has 2 bridgehead atoms. The highest BCUT2D eigenvalue weighted by Crippen LogP contribution is 2.35. The summed E-state index contributed by atoms with van der Waals surface area (Å²) in [5, 5.41) is 10.6. The Morgan fingerprint density at radius 1 is 1.24 bits per heavy atom. The SMILES string of the molecule is CN1[C@@H]2CC[C@@H]1CC(OC(=O)c1ccc([N+](=O)[O-])cc1)C2. The minimum Gasteiger partial charge on any atom is -0.459 e. The first-order valence-corrected chi connectivity index (χ1v) is 7.22. The van der Waals surface area contributed by atoms with Crippen molar-refractivity contribution >= 4 is 11.7 Å². The highest BCUT2D eigenvalue weighted by Gasteiger charge is 2.39. The lowest BCUT2D eigenvalue weighted by atomic mass is 10.0. The fourth-order valence-electron chi connectivity index (χ4n) is 3.40. The van der Waals surface area contributed by atoms with E-state index in [4.69, 9.17) is 4.74 Å². The molecule has 6 heteroatoms. The maximum Gasteiger partial charge on any atom is 0.338 e. The molecule has 0 aromatic heterocycles. The van der Waals surface area contributed by atoms with Gasteiger partial charge in [-0.15, -0.1) is 0 Å². The Hall–Kier alpha value is -1.95. The molecule has 2 heterocycles. The molecular formula is C15H18N2O4. The second kappa shape index (κ2) is 5.44. The monoisotopic (exact) mass is 290 g/mol. The number of carbonyl (C=O) groups excluding carboxylic acids is 1. The van der Waals surface area contributed by atoms with Gasteiger partial charge in [-0.1, -0.05) is 0 Å². The van der Waals surface area contributed by atoms with Gasteiger partial charge in [0.25, 0.3) is 5.69 Å². The van der Waals surface area contributed by atoms with Crippen LogP contribution in [0.15, 0.2) is 24.3 Å². The summed E-state index contributed by atoms with van der Waals surface area (Å²) in [6, 6.07) is 6.58. The average Bonchev–Trinajstić information content (AvgIpc) is 2.69. The van der Waals surface area contributed by atoms with Gasteiger partial charge in [-0.3, -0.25) is 10.1 Å². The van der Waals surface area contributed by atoms with Crippen molar-refractivity contribution in [3.63, 3.8) is 0 Å². The lowest BCUT2D eigenvalue weighted by Gasteiger charge is -2.35. The molecule has 2 aliphatic heterocycles.